The normalized spacial score (nSPS) is 27.4. The van der Waals surface area contributed by atoms with E-state index >= 15 is 0 Å². The van der Waals surface area contributed by atoms with Crippen LogP contribution in [0.25, 0.3) is 0 Å². The van der Waals surface area contributed by atoms with Gasteiger partial charge in [-0.25, -0.2) is 0 Å². The molecule has 0 aromatic rings. The van der Waals surface area contributed by atoms with Crippen LogP contribution in [0, 0.1) is 5.41 Å². The maximum absolute atomic E-state index is 11.2. The number of rotatable bonds is 6. The number of ether oxygens (including phenoxy) is 1. The first-order valence-corrected chi connectivity index (χ1v) is 6.59. The number of likely N-dealkylation sites (tertiary alicyclic amines) is 1. The molecule has 0 aromatic carbocycles. The molecular formula is C13H25NO4. The van der Waals surface area contributed by atoms with Crippen molar-refractivity contribution >= 4 is 5.97 Å². The highest BCUT2D eigenvalue weighted by atomic mass is 16.5. The number of piperidine rings is 1. The van der Waals surface area contributed by atoms with Gasteiger partial charge in [-0.3, -0.25) is 9.69 Å². The average Bonchev–Trinajstić information content (AvgIpc) is 2.26. The van der Waals surface area contributed by atoms with Crippen molar-refractivity contribution < 1.29 is 19.7 Å². The van der Waals surface area contributed by atoms with E-state index < -0.39 is 17.5 Å². The first-order valence-electron chi connectivity index (χ1n) is 6.59. The summed E-state index contributed by atoms with van der Waals surface area (Å²) in [7, 11) is 0. The van der Waals surface area contributed by atoms with Crippen molar-refractivity contribution in [3.8, 4) is 0 Å². The molecule has 1 fully saturated rings. The molecule has 0 aromatic heterocycles. The molecule has 1 rings (SSSR count). The van der Waals surface area contributed by atoms with Crippen LogP contribution in [0.2, 0.25) is 0 Å². The van der Waals surface area contributed by atoms with Gasteiger partial charge in [-0.1, -0.05) is 0 Å². The number of aliphatic carboxylic acids is 1. The summed E-state index contributed by atoms with van der Waals surface area (Å²) in [5.41, 5.74) is -0.684. The van der Waals surface area contributed by atoms with Crippen molar-refractivity contribution in [2.24, 2.45) is 5.41 Å². The molecule has 1 aliphatic rings. The maximum Gasteiger partial charge on any atom is 0.310 e. The van der Waals surface area contributed by atoms with Gasteiger partial charge in [0.15, 0.2) is 0 Å². The SMILES string of the molecule is CC(C)OCC(O)CN1CCCC(C)(C(=O)O)C1. The Morgan fingerprint density at radius 1 is 1.50 bits per heavy atom. The van der Waals surface area contributed by atoms with Crippen LogP contribution in [-0.4, -0.2) is 59.5 Å². The van der Waals surface area contributed by atoms with Crippen LogP contribution in [-0.2, 0) is 9.53 Å². The molecular weight excluding hydrogens is 234 g/mol. The molecule has 0 saturated carbocycles. The van der Waals surface area contributed by atoms with E-state index in [1.165, 1.54) is 0 Å². The summed E-state index contributed by atoms with van der Waals surface area (Å²) in [5, 5.41) is 19.1. The number of aliphatic hydroxyl groups excluding tert-OH is 1. The van der Waals surface area contributed by atoms with Crippen molar-refractivity contribution in [2.45, 2.75) is 45.8 Å². The molecule has 0 bridgehead atoms. The monoisotopic (exact) mass is 259 g/mol. The van der Waals surface area contributed by atoms with Crippen LogP contribution in [0.3, 0.4) is 0 Å². The van der Waals surface area contributed by atoms with E-state index in [1.54, 1.807) is 6.92 Å². The van der Waals surface area contributed by atoms with Crippen LogP contribution >= 0.6 is 0 Å². The zero-order valence-corrected chi connectivity index (χ0v) is 11.6. The summed E-state index contributed by atoms with van der Waals surface area (Å²) >= 11 is 0. The Hall–Kier alpha value is -0.650. The van der Waals surface area contributed by atoms with E-state index in [0.717, 1.165) is 13.0 Å². The second-order valence-corrected chi connectivity index (χ2v) is 5.74. The zero-order chi connectivity index (χ0) is 13.8. The third-order valence-corrected chi connectivity index (χ3v) is 3.38. The number of carbonyl (C=O) groups is 1. The lowest BCUT2D eigenvalue weighted by atomic mass is 9.82. The van der Waals surface area contributed by atoms with Gasteiger partial charge >= 0.3 is 5.97 Å². The molecule has 1 heterocycles. The minimum absolute atomic E-state index is 0.102. The van der Waals surface area contributed by atoms with Gasteiger partial charge in [-0.05, 0) is 40.2 Å². The van der Waals surface area contributed by atoms with E-state index in [0.29, 0.717) is 26.1 Å². The Morgan fingerprint density at radius 2 is 2.17 bits per heavy atom. The van der Waals surface area contributed by atoms with Gasteiger partial charge in [0.1, 0.15) is 0 Å². The number of hydrogen-bond acceptors (Lipinski definition) is 4. The lowest BCUT2D eigenvalue weighted by molar-refractivity contribution is -0.151. The van der Waals surface area contributed by atoms with Gasteiger partial charge in [0, 0.05) is 13.1 Å². The number of β-amino-alcohol motifs (C(OH)–C–C–N with tert-alkyl or cyclic N) is 1. The first kappa shape index (κ1) is 15.4. The molecule has 0 spiro atoms. The zero-order valence-electron chi connectivity index (χ0n) is 11.6. The summed E-state index contributed by atoms with van der Waals surface area (Å²) in [5.74, 6) is -0.750. The van der Waals surface area contributed by atoms with Crippen LogP contribution in [0.5, 0.6) is 0 Å². The molecule has 18 heavy (non-hydrogen) atoms. The average molecular weight is 259 g/mol. The first-order chi connectivity index (χ1) is 8.33. The summed E-state index contributed by atoms with van der Waals surface area (Å²) in [6.45, 7) is 7.76. The highest BCUT2D eigenvalue weighted by Crippen LogP contribution is 2.29. The van der Waals surface area contributed by atoms with E-state index in [2.05, 4.69) is 0 Å². The van der Waals surface area contributed by atoms with Gasteiger partial charge in [0.2, 0.25) is 0 Å². The topological polar surface area (TPSA) is 70.0 Å². The fraction of sp³-hybridized carbons (Fsp3) is 0.923. The third-order valence-electron chi connectivity index (χ3n) is 3.38. The highest BCUT2D eigenvalue weighted by molar-refractivity contribution is 5.74. The molecule has 2 N–H and O–H groups in total. The quantitative estimate of drug-likeness (QED) is 0.743. The van der Waals surface area contributed by atoms with Crippen molar-refractivity contribution in [2.75, 3.05) is 26.2 Å². The minimum atomic E-state index is -0.750. The van der Waals surface area contributed by atoms with Crippen LogP contribution in [0.4, 0.5) is 0 Å². The van der Waals surface area contributed by atoms with Gasteiger partial charge in [0.05, 0.1) is 24.2 Å². The second-order valence-electron chi connectivity index (χ2n) is 5.74. The number of hydrogen-bond donors (Lipinski definition) is 2. The van der Waals surface area contributed by atoms with Crippen molar-refractivity contribution in [1.29, 1.82) is 0 Å². The summed E-state index contributed by atoms with van der Waals surface area (Å²) in [4.78, 5) is 13.2. The Morgan fingerprint density at radius 3 is 2.72 bits per heavy atom. The van der Waals surface area contributed by atoms with Crippen molar-refractivity contribution in [3.63, 3.8) is 0 Å². The smallest absolute Gasteiger partial charge is 0.310 e. The van der Waals surface area contributed by atoms with E-state index in [4.69, 9.17) is 4.74 Å². The standard InChI is InChI=1S/C13H25NO4/c1-10(2)18-8-11(15)7-14-6-4-5-13(3,9-14)12(16)17/h10-11,15H,4-9H2,1-3H3,(H,16,17). The fourth-order valence-electron chi connectivity index (χ4n) is 2.33. The lowest BCUT2D eigenvalue weighted by Crippen LogP contribution is -2.48. The van der Waals surface area contributed by atoms with E-state index in [9.17, 15) is 15.0 Å². The fourth-order valence-corrected chi connectivity index (χ4v) is 2.33. The summed E-state index contributed by atoms with van der Waals surface area (Å²) in [6.07, 6.45) is 1.12. The summed E-state index contributed by atoms with van der Waals surface area (Å²) < 4.78 is 5.35. The Balaban J connectivity index is 2.40. The van der Waals surface area contributed by atoms with Gasteiger partial charge < -0.3 is 14.9 Å². The number of nitrogens with zero attached hydrogens (tertiary/aromatic N) is 1. The molecule has 5 nitrogen and oxygen atoms in total. The van der Waals surface area contributed by atoms with Crippen LogP contribution < -0.4 is 0 Å². The van der Waals surface area contributed by atoms with Gasteiger partial charge in [-0.15, -0.1) is 0 Å². The number of aliphatic hydroxyl groups is 1. The Kier molecular flexibility index (Phi) is 5.56. The molecule has 0 radical (unpaired) electrons. The molecule has 2 atom stereocenters. The molecule has 5 heteroatoms. The largest absolute Gasteiger partial charge is 0.481 e. The van der Waals surface area contributed by atoms with Crippen molar-refractivity contribution in [3.05, 3.63) is 0 Å². The molecule has 106 valence electrons. The van der Waals surface area contributed by atoms with Crippen LogP contribution in [0.15, 0.2) is 0 Å². The predicted octanol–water partition coefficient (Wildman–Crippen LogP) is 0.959. The third kappa shape index (κ3) is 4.55. The van der Waals surface area contributed by atoms with Crippen LogP contribution in [0.1, 0.15) is 33.6 Å². The maximum atomic E-state index is 11.2. The number of carboxylic acid groups (broad SMARTS) is 1. The van der Waals surface area contributed by atoms with Gasteiger partial charge in [-0.2, -0.15) is 0 Å². The van der Waals surface area contributed by atoms with Gasteiger partial charge in [0.25, 0.3) is 0 Å². The lowest BCUT2D eigenvalue weighted by Gasteiger charge is -2.38. The van der Waals surface area contributed by atoms with E-state index in [1.807, 2.05) is 18.7 Å². The second kappa shape index (κ2) is 6.50. The molecule has 2 unspecified atom stereocenters. The molecule has 1 saturated heterocycles. The van der Waals surface area contributed by atoms with E-state index in [-0.39, 0.29) is 6.10 Å². The highest BCUT2D eigenvalue weighted by Gasteiger charge is 2.38. The molecule has 0 amide bonds. The Bertz CT molecular complexity index is 282. The Labute approximate surface area is 109 Å². The minimum Gasteiger partial charge on any atom is -0.481 e. The predicted molar refractivity (Wildman–Crippen MR) is 68.5 cm³/mol. The summed E-state index contributed by atoms with van der Waals surface area (Å²) in [6, 6.07) is 0. The number of carboxylic acids is 1. The molecule has 0 aliphatic carbocycles. The molecule has 1 aliphatic heterocycles. The van der Waals surface area contributed by atoms with Crippen molar-refractivity contribution in [1.82, 2.24) is 4.90 Å².